The van der Waals surface area contributed by atoms with Gasteiger partial charge in [0.25, 0.3) is 5.69 Å². The van der Waals surface area contributed by atoms with Gasteiger partial charge in [-0.05, 0) is 22.8 Å². The van der Waals surface area contributed by atoms with Crippen LogP contribution in [0.15, 0.2) is 91.0 Å². The van der Waals surface area contributed by atoms with Crippen molar-refractivity contribution in [3.63, 3.8) is 0 Å². The third kappa shape index (κ3) is 4.89. The van der Waals surface area contributed by atoms with Crippen molar-refractivity contribution in [3.8, 4) is 0 Å². The van der Waals surface area contributed by atoms with Crippen molar-refractivity contribution in [1.29, 1.82) is 0 Å². The molecule has 0 bridgehead atoms. The molecule has 0 fully saturated rings. The number of carbonyl (C=O) groups excluding carboxylic acids is 1. The van der Waals surface area contributed by atoms with E-state index in [4.69, 9.17) is 4.74 Å². The molecule has 27 heavy (non-hydrogen) atoms. The minimum atomic E-state index is -0.533. The van der Waals surface area contributed by atoms with E-state index >= 15 is 0 Å². The van der Waals surface area contributed by atoms with Gasteiger partial charge in [0, 0.05) is 18.2 Å². The first-order chi connectivity index (χ1) is 13.1. The van der Waals surface area contributed by atoms with Gasteiger partial charge in [0.15, 0.2) is 6.10 Å². The van der Waals surface area contributed by atoms with Gasteiger partial charge >= 0.3 is 5.97 Å². The maximum absolute atomic E-state index is 12.3. The Hall–Kier alpha value is -3.73. The van der Waals surface area contributed by atoms with Crippen LogP contribution in [0.5, 0.6) is 0 Å². The molecule has 134 valence electrons. The number of esters is 1. The van der Waals surface area contributed by atoms with Crippen molar-refractivity contribution in [1.82, 2.24) is 0 Å². The molecule has 0 atom stereocenters. The summed E-state index contributed by atoms with van der Waals surface area (Å²) < 4.78 is 5.66. The quantitative estimate of drug-likeness (QED) is 0.270. The summed E-state index contributed by atoms with van der Waals surface area (Å²) in [4.78, 5) is 22.7. The lowest BCUT2D eigenvalue weighted by Crippen LogP contribution is -2.10. The highest BCUT2D eigenvalue weighted by Crippen LogP contribution is 2.26. The number of benzene rings is 3. The minimum absolute atomic E-state index is 0.0306. The number of hydrogen-bond acceptors (Lipinski definition) is 4. The molecule has 5 heteroatoms. The fourth-order valence-corrected chi connectivity index (χ4v) is 2.65. The Kier molecular flexibility index (Phi) is 5.74. The van der Waals surface area contributed by atoms with E-state index in [1.54, 1.807) is 12.1 Å². The molecule has 0 aliphatic carbocycles. The van der Waals surface area contributed by atoms with Gasteiger partial charge in [0.1, 0.15) is 0 Å². The fraction of sp³-hybridized carbons (Fsp3) is 0.0455. The van der Waals surface area contributed by atoms with Gasteiger partial charge in [-0.1, -0.05) is 72.8 Å². The molecule has 0 spiro atoms. The van der Waals surface area contributed by atoms with Crippen molar-refractivity contribution >= 4 is 17.7 Å². The van der Waals surface area contributed by atoms with Gasteiger partial charge < -0.3 is 4.74 Å². The standard InChI is InChI=1S/C22H17NO4/c24-21(15-14-17-8-7-13-20(16-17)23(25)26)27-22(18-9-3-1-4-10-18)19-11-5-2-6-12-19/h1-16,22H/b15-14+. The highest BCUT2D eigenvalue weighted by Gasteiger charge is 2.17. The van der Waals surface area contributed by atoms with E-state index in [9.17, 15) is 14.9 Å². The maximum Gasteiger partial charge on any atom is 0.331 e. The van der Waals surface area contributed by atoms with Crippen LogP contribution in [0, 0.1) is 10.1 Å². The second-order valence-corrected chi connectivity index (χ2v) is 5.82. The summed E-state index contributed by atoms with van der Waals surface area (Å²) in [6, 6.07) is 25.0. The Labute approximate surface area is 156 Å². The zero-order valence-electron chi connectivity index (χ0n) is 14.4. The summed E-state index contributed by atoms with van der Waals surface area (Å²) >= 11 is 0. The predicted octanol–water partition coefficient (Wildman–Crippen LogP) is 4.94. The number of nitro groups is 1. The summed E-state index contributed by atoms with van der Waals surface area (Å²) in [6.45, 7) is 0. The average Bonchev–Trinajstić information content (AvgIpc) is 2.72. The summed E-state index contributed by atoms with van der Waals surface area (Å²) in [5, 5.41) is 10.8. The van der Waals surface area contributed by atoms with Crippen molar-refractivity contribution in [2.24, 2.45) is 0 Å². The Balaban J connectivity index is 1.79. The lowest BCUT2D eigenvalue weighted by Gasteiger charge is -2.18. The Morgan fingerprint density at radius 1 is 0.889 bits per heavy atom. The number of carbonyl (C=O) groups is 1. The fourth-order valence-electron chi connectivity index (χ4n) is 2.65. The largest absolute Gasteiger partial charge is 0.449 e. The molecule has 0 N–H and O–H groups in total. The SMILES string of the molecule is O=C(/C=C/c1cccc([N+](=O)[O-])c1)OC(c1ccccc1)c1ccccc1. The van der Waals surface area contributed by atoms with E-state index in [2.05, 4.69) is 0 Å². The predicted molar refractivity (Wildman–Crippen MR) is 103 cm³/mol. The maximum atomic E-state index is 12.3. The first-order valence-electron chi connectivity index (χ1n) is 8.36. The number of non-ortho nitro benzene ring substituents is 1. The van der Waals surface area contributed by atoms with E-state index < -0.39 is 17.0 Å². The molecular formula is C22H17NO4. The molecule has 0 aromatic heterocycles. The Morgan fingerprint density at radius 3 is 2.04 bits per heavy atom. The van der Waals surface area contributed by atoms with Crippen molar-refractivity contribution in [2.75, 3.05) is 0 Å². The molecular weight excluding hydrogens is 342 g/mol. The van der Waals surface area contributed by atoms with Crippen molar-refractivity contribution < 1.29 is 14.5 Å². The van der Waals surface area contributed by atoms with E-state index in [0.29, 0.717) is 5.56 Å². The minimum Gasteiger partial charge on any atom is -0.449 e. The van der Waals surface area contributed by atoms with Crippen LogP contribution in [-0.4, -0.2) is 10.9 Å². The van der Waals surface area contributed by atoms with Gasteiger partial charge in [-0.15, -0.1) is 0 Å². The zero-order valence-corrected chi connectivity index (χ0v) is 14.4. The lowest BCUT2D eigenvalue weighted by atomic mass is 10.0. The van der Waals surface area contributed by atoms with Crippen LogP contribution >= 0.6 is 0 Å². The second kappa shape index (κ2) is 8.58. The molecule has 3 aromatic rings. The first-order valence-corrected chi connectivity index (χ1v) is 8.36. The number of nitro benzene ring substituents is 1. The topological polar surface area (TPSA) is 69.4 Å². The highest BCUT2D eigenvalue weighted by atomic mass is 16.6. The van der Waals surface area contributed by atoms with E-state index in [1.165, 1.54) is 24.3 Å². The van der Waals surface area contributed by atoms with Crippen molar-refractivity contribution in [2.45, 2.75) is 6.10 Å². The number of ether oxygens (including phenoxy) is 1. The number of nitrogens with zero attached hydrogens (tertiary/aromatic N) is 1. The molecule has 5 nitrogen and oxygen atoms in total. The van der Waals surface area contributed by atoms with Crippen LogP contribution in [0.1, 0.15) is 22.8 Å². The molecule has 0 unspecified atom stereocenters. The van der Waals surface area contributed by atoms with E-state index in [0.717, 1.165) is 11.1 Å². The summed E-state index contributed by atoms with van der Waals surface area (Å²) in [7, 11) is 0. The first kappa shape index (κ1) is 18.1. The Bertz CT molecular complexity index is 913. The number of hydrogen-bond donors (Lipinski definition) is 0. The summed E-state index contributed by atoms with van der Waals surface area (Å²) in [5.41, 5.74) is 2.25. The molecule has 0 amide bonds. The zero-order chi connectivity index (χ0) is 19.1. The molecule has 0 aliphatic heterocycles. The van der Waals surface area contributed by atoms with Gasteiger partial charge in [0.2, 0.25) is 0 Å². The average molecular weight is 359 g/mol. The number of rotatable bonds is 6. The summed E-state index contributed by atoms with van der Waals surface area (Å²) in [5.74, 6) is -0.529. The van der Waals surface area contributed by atoms with Crippen LogP contribution in [0.25, 0.3) is 6.08 Å². The van der Waals surface area contributed by atoms with Crippen LogP contribution in [0.3, 0.4) is 0 Å². The van der Waals surface area contributed by atoms with Crippen LogP contribution in [0.4, 0.5) is 5.69 Å². The van der Waals surface area contributed by atoms with Crippen molar-refractivity contribution in [3.05, 3.63) is 118 Å². The van der Waals surface area contributed by atoms with Crippen LogP contribution < -0.4 is 0 Å². The lowest BCUT2D eigenvalue weighted by molar-refractivity contribution is -0.384. The monoisotopic (exact) mass is 359 g/mol. The van der Waals surface area contributed by atoms with Crippen LogP contribution in [0.2, 0.25) is 0 Å². The molecule has 0 saturated heterocycles. The molecule has 3 aromatic carbocycles. The van der Waals surface area contributed by atoms with Gasteiger partial charge in [-0.25, -0.2) is 4.79 Å². The molecule has 0 radical (unpaired) electrons. The molecule has 0 heterocycles. The van der Waals surface area contributed by atoms with Gasteiger partial charge in [-0.3, -0.25) is 10.1 Å². The second-order valence-electron chi connectivity index (χ2n) is 5.82. The third-order valence-electron chi connectivity index (χ3n) is 3.93. The van der Waals surface area contributed by atoms with E-state index in [1.807, 2.05) is 60.7 Å². The molecule has 0 saturated carbocycles. The normalized spacial score (nSPS) is 10.9. The summed E-state index contributed by atoms with van der Waals surface area (Å²) in [6.07, 6.45) is 2.25. The third-order valence-corrected chi connectivity index (χ3v) is 3.93. The van der Waals surface area contributed by atoms with E-state index in [-0.39, 0.29) is 5.69 Å². The van der Waals surface area contributed by atoms with Crippen LogP contribution in [-0.2, 0) is 9.53 Å². The smallest absolute Gasteiger partial charge is 0.331 e. The molecule has 3 rings (SSSR count). The van der Waals surface area contributed by atoms with Gasteiger partial charge in [-0.2, -0.15) is 0 Å². The molecule has 0 aliphatic rings. The Morgan fingerprint density at radius 2 is 1.48 bits per heavy atom. The van der Waals surface area contributed by atoms with Gasteiger partial charge in [0.05, 0.1) is 4.92 Å². The highest BCUT2D eigenvalue weighted by molar-refractivity contribution is 5.87.